The molecule has 1 nitrogen and oxygen atoms in total. The molecule has 0 saturated heterocycles. The van der Waals surface area contributed by atoms with E-state index in [2.05, 4.69) is 0 Å². The fraction of sp³-hybridized carbons (Fsp3) is 0.417. The molecule has 2 rings (SSSR count). The van der Waals surface area contributed by atoms with Crippen LogP contribution < -0.4 is 0 Å². The highest BCUT2D eigenvalue weighted by atomic mass is 35.5. The summed E-state index contributed by atoms with van der Waals surface area (Å²) in [5.41, 5.74) is 1.96. The van der Waals surface area contributed by atoms with E-state index in [1.807, 2.05) is 25.1 Å². The van der Waals surface area contributed by atoms with E-state index in [9.17, 15) is 4.79 Å². The monoisotopic (exact) mass is 208 g/mol. The molecule has 1 saturated carbocycles. The van der Waals surface area contributed by atoms with E-state index in [-0.39, 0.29) is 5.78 Å². The van der Waals surface area contributed by atoms with Crippen molar-refractivity contribution < 1.29 is 4.79 Å². The maximum atomic E-state index is 11.5. The standard InChI is InChI=1S/C12H13ClO/c1-2-12(14)9-5-6-11(13)10(7-9)8-3-4-8/h5-8H,2-4H2,1H3. The van der Waals surface area contributed by atoms with E-state index < -0.39 is 0 Å². The summed E-state index contributed by atoms with van der Waals surface area (Å²) in [5.74, 6) is 0.802. The van der Waals surface area contributed by atoms with Crippen molar-refractivity contribution in [3.05, 3.63) is 34.3 Å². The SMILES string of the molecule is CCC(=O)c1ccc(Cl)c(C2CC2)c1. The Labute approximate surface area is 89.1 Å². The molecule has 1 aliphatic carbocycles. The van der Waals surface area contributed by atoms with Crippen molar-refractivity contribution in [2.45, 2.75) is 32.1 Å². The third-order valence-corrected chi connectivity index (χ3v) is 3.00. The smallest absolute Gasteiger partial charge is 0.162 e. The van der Waals surface area contributed by atoms with Crippen LogP contribution in [0.1, 0.15) is 48.0 Å². The van der Waals surface area contributed by atoms with Crippen LogP contribution in [-0.4, -0.2) is 5.78 Å². The molecule has 1 aromatic carbocycles. The van der Waals surface area contributed by atoms with Crippen LogP contribution >= 0.6 is 11.6 Å². The molecule has 0 aliphatic heterocycles. The van der Waals surface area contributed by atoms with Gasteiger partial charge in [-0.1, -0.05) is 18.5 Å². The van der Waals surface area contributed by atoms with Gasteiger partial charge in [0.2, 0.25) is 0 Å². The summed E-state index contributed by atoms with van der Waals surface area (Å²) in [6.45, 7) is 1.88. The van der Waals surface area contributed by atoms with Crippen molar-refractivity contribution in [3.8, 4) is 0 Å². The van der Waals surface area contributed by atoms with Gasteiger partial charge in [0.05, 0.1) is 0 Å². The molecule has 0 spiro atoms. The van der Waals surface area contributed by atoms with Gasteiger partial charge in [-0.15, -0.1) is 0 Å². The van der Waals surface area contributed by atoms with Crippen molar-refractivity contribution in [1.82, 2.24) is 0 Å². The minimum atomic E-state index is 0.198. The van der Waals surface area contributed by atoms with Crippen molar-refractivity contribution in [3.63, 3.8) is 0 Å². The molecule has 1 aliphatic rings. The van der Waals surface area contributed by atoms with E-state index in [4.69, 9.17) is 11.6 Å². The van der Waals surface area contributed by atoms with Crippen molar-refractivity contribution in [2.24, 2.45) is 0 Å². The predicted octanol–water partition coefficient (Wildman–Crippen LogP) is 3.81. The van der Waals surface area contributed by atoms with Crippen LogP contribution in [0.25, 0.3) is 0 Å². The number of rotatable bonds is 3. The molecule has 74 valence electrons. The first-order chi connectivity index (χ1) is 6.72. The molecular formula is C12H13ClO. The average molecular weight is 209 g/mol. The van der Waals surface area contributed by atoms with E-state index in [0.29, 0.717) is 12.3 Å². The lowest BCUT2D eigenvalue weighted by atomic mass is 10.0. The topological polar surface area (TPSA) is 17.1 Å². The van der Waals surface area contributed by atoms with Gasteiger partial charge < -0.3 is 0 Å². The largest absolute Gasteiger partial charge is 0.294 e. The summed E-state index contributed by atoms with van der Waals surface area (Å²) in [4.78, 5) is 11.5. The summed E-state index contributed by atoms with van der Waals surface area (Å²) in [7, 11) is 0. The van der Waals surface area contributed by atoms with Crippen LogP contribution in [0.3, 0.4) is 0 Å². The highest BCUT2D eigenvalue weighted by Crippen LogP contribution is 2.43. The second-order valence-electron chi connectivity index (χ2n) is 3.79. The zero-order chi connectivity index (χ0) is 10.1. The predicted molar refractivity (Wildman–Crippen MR) is 58.0 cm³/mol. The van der Waals surface area contributed by atoms with Crippen molar-refractivity contribution in [1.29, 1.82) is 0 Å². The van der Waals surface area contributed by atoms with Crippen LogP contribution in [0.2, 0.25) is 5.02 Å². The second-order valence-corrected chi connectivity index (χ2v) is 4.19. The van der Waals surface area contributed by atoms with Gasteiger partial charge in [-0.2, -0.15) is 0 Å². The Hall–Kier alpha value is -0.820. The molecule has 0 amide bonds. The molecule has 0 bridgehead atoms. The van der Waals surface area contributed by atoms with Crippen LogP contribution in [0.4, 0.5) is 0 Å². The Balaban J connectivity index is 2.35. The number of hydrogen-bond donors (Lipinski definition) is 0. The summed E-state index contributed by atoms with van der Waals surface area (Å²) >= 11 is 6.07. The van der Waals surface area contributed by atoms with Gasteiger partial charge in [-0.3, -0.25) is 4.79 Å². The third-order valence-electron chi connectivity index (χ3n) is 2.66. The van der Waals surface area contributed by atoms with Gasteiger partial charge in [0.1, 0.15) is 0 Å². The summed E-state index contributed by atoms with van der Waals surface area (Å²) < 4.78 is 0. The van der Waals surface area contributed by atoms with Gasteiger partial charge in [-0.25, -0.2) is 0 Å². The highest BCUT2D eigenvalue weighted by Gasteiger charge is 2.26. The summed E-state index contributed by atoms with van der Waals surface area (Å²) in [5, 5.41) is 0.806. The van der Waals surface area contributed by atoms with Crippen molar-refractivity contribution >= 4 is 17.4 Å². The lowest BCUT2D eigenvalue weighted by Crippen LogP contribution is -1.97. The van der Waals surface area contributed by atoms with Gasteiger partial charge >= 0.3 is 0 Å². The zero-order valence-corrected chi connectivity index (χ0v) is 8.97. The molecule has 0 atom stereocenters. The van der Waals surface area contributed by atoms with Crippen LogP contribution in [-0.2, 0) is 0 Å². The minimum Gasteiger partial charge on any atom is -0.294 e. The van der Waals surface area contributed by atoms with E-state index in [0.717, 1.165) is 16.1 Å². The molecule has 14 heavy (non-hydrogen) atoms. The Morgan fingerprint density at radius 3 is 2.79 bits per heavy atom. The van der Waals surface area contributed by atoms with E-state index in [1.165, 1.54) is 12.8 Å². The van der Waals surface area contributed by atoms with Gasteiger partial charge in [-0.05, 0) is 42.5 Å². The highest BCUT2D eigenvalue weighted by molar-refractivity contribution is 6.31. The van der Waals surface area contributed by atoms with Crippen LogP contribution in [0, 0.1) is 0 Å². The number of ketones is 1. The van der Waals surface area contributed by atoms with Gasteiger partial charge in [0.25, 0.3) is 0 Å². The fourth-order valence-electron chi connectivity index (χ4n) is 1.63. The number of hydrogen-bond acceptors (Lipinski definition) is 1. The number of benzene rings is 1. The quantitative estimate of drug-likeness (QED) is 0.691. The first-order valence-corrected chi connectivity index (χ1v) is 5.42. The number of carbonyl (C=O) groups excluding carboxylic acids is 1. The second kappa shape index (κ2) is 3.74. The van der Waals surface area contributed by atoms with Crippen molar-refractivity contribution in [2.75, 3.05) is 0 Å². The molecular weight excluding hydrogens is 196 g/mol. The molecule has 2 heteroatoms. The molecule has 0 radical (unpaired) electrons. The maximum absolute atomic E-state index is 11.5. The number of halogens is 1. The molecule has 1 fully saturated rings. The Kier molecular flexibility index (Phi) is 2.60. The zero-order valence-electron chi connectivity index (χ0n) is 8.22. The Bertz CT molecular complexity index is 367. The molecule has 0 N–H and O–H groups in total. The third kappa shape index (κ3) is 1.83. The fourth-order valence-corrected chi connectivity index (χ4v) is 1.90. The first kappa shape index (κ1) is 9.72. The number of Topliss-reactive ketones (excluding diaryl/α,β-unsaturated/α-hetero) is 1. The first-order valence-electron chi connectivity index (χ1n) is 5.05. The molecule has 1 aromatic rings. The summed E-state index contributed by atoms with van der Waals surface area (Å²) in [6, 6.07) is 5.63. The normalized spacial score (nSPS) is 15.6. The lowest BCUT2D eigenvalue weighted by Gasteiger charge is -2.04. The van der Waals surface area contributed by atoms with Gasteiger partial charge in [0.15, 0.2) is 5.78 Å². The Morgan fingerprint density at radius 2 is 2.21 bits per heavy atom. The van der Waals surface area contributed by atoms with E-state index in [1.54, 1.807) is 0 Å². The molecule has 0 aromatic heterocycles. The maximum Gasteiger partial charge on any atom is 0.162 e. The lowest BCUT2D eigenvalue weighted by molar-refractivity contribution is 0.0988. The number of carbonyl (C=O) groups is 1. The molecule has 0 unspecified atom stereocenters. The Morgan fingerprint density at radius 1 is 1.50 bits per heavy atom. The minimum absolute atomic E-state index is 0.198. The summed E-state index contributed by atoms with van der Waals surface area (Å²) in [6.07, 6.45) is 2.98. The van der Waals surface area contributed by atoms with Gasteiger partial charge in [0, 0.05) is 17.0 Å². The van der Waals surface area contributed by atoms with E-state index >= 15 is 0 Å². The van der Waals surface area contributed by atoms with Crippen LogP contribution in [0.5, 0.6) is 0 Å². The van der Waals surface area contributed by atoms with Crippen LogP contribution in [0.15, 0.2) is 18.2 Å². The molecule has 0 heterocycles. The average Bonchev–Trinajstić information content (AvgIpc) is 3.01.